The first-order valence-electron chi connectivity index (χ1n) is 13.6. The summed E-state index contributed by atoms with van der Waals surface area (Å²) in [5.74, 6) is 0.219. The van der Waals surface area contributed by atoms with Gasteiger partial charge in [0.1, 0.15) is 5.25 Å². The van der Waals surface area contributed by atoms with Gasteiger partial charge in [-0.15, -0.1) is 0 Å². The fraction of sp³-hybridized carbons (Fsp3) is 0.586. The van der Waals surface area contributed by atoms with Gasteiger partial charge in [0.15, 0.2) is 0 Å². The van der Waals surface area contributed by atoms with Crippen molar-refractivity contribution in [2.24, 2.45) is 0 Å². The van der Waals surface area contributed by atoms with E-state index < -0.39 is 15.3 Å². The lowest BCUT2D eigenvalue weighted by molar-refractivity contribution is -0.0636. The van der Waals surface area contributed by atoms with E-state index in [4.69, 9.17) is 9.57 Å². The maximum atomic E-state index is 13.8. The molecule has 3 aliphatic rings. The Bertz CT molecular complexity index is 1190. The van der Waals surface area contributed by atoms with Gasteiger partial charge in [-0.05, 0) is 74.9 Å². The maximum Gasteiger partial charge on any atom is 0.221 e. The van der Waals surface area contributed by atoms with Gasteiger partial charge in [0.25, 0.3) is 0 Å². The lowest BCUT2D eigenvalue weighted by Crippen LogP contribution is -2.68. The number of aryl methyl sites for hydroxylation is 1. The molecule has 6 atom stereocenters. The first-order valence-corrected chi connectivity index (χ1v) is 15.1. The van der Waals surface area contributed by atoms with Crippen LogP contribution in [0.2, 0.25) is 0 Å². The summed E-state index contributed by atoms with van der Waals surface area (Å²) in [6.45, 7) is 10.7. The van der Waals surface area contributed by atoms with Gasteiger partial charge < -0.3 is 4.74 Å². The van der Waals surface area contributed by atoms with Crippen LogP contribution in [0.1, 0.15) is 49.3 Å². The van der Waals surface area contributed by atoms with Crippen LogP contribution in [0.3, 0.4) is 0 Å². The molecule has 2 aromatic carbocycles. The second kappa shape index (κ2) is 10.8. The molecule has 0 saturated carbocycles. The van der Waals surface area contributed by atoms with Crippen LogP contribution in [0.5, 0.6) is 0 Å². The molecular weight excluding hydrogens is 486 g/mol. The lowest BCUT2D eigenvalue weighted by Gasteiger charge is -2.57. The monoisotopic (exact) mass is 527 g/mol. The Morgan fingerprint density at radius 1 is 1.05 bits per heavy atom. The Morgan fingerprint density at radius 2 is 1.78 bits per heavy atom. The standard InChI is InChI=1S/C29H41N3O4S/c1-19-9-8-10-25(20(19)2)23-11-13-24(14-12-23)28-26-17-31(15-6-7-16-32(26)27(28)18-35-5)37(33,34)29-21(3)30-36-22(29)4/h8-14,21-22,26-30H,6-7,15-18H2,1-5H3/t21?,22?,26-,27+,28-,29?/m0/s1. The Hall–Kier alpha value is -1.81. The van der Waals surface area contributed by atoms with Crippen molar-refractivity contribution in [1.82, 2.24) is 14.7 Å². The smallest absolute Gasteiger partial charge is 0.221 e. The Labute approximate surface area is 222 Å². The van der Waals surface area contributed by atoms with Gasteiger partial charge in [0.05, 0.1) is 18.8 Å². The Morgan fingerprint density at radius 3 is 2.46 bits per heavy atom. The topological polar surface area (TPSA) is 71.1 Å². The molecule has 0 spiro atoms. The summed E-state index contributed by atoms with van der Waals surface area (Å²) in [5, 5.41) is -0.578. The van der Waals surface area contributed by atoms with E-state index in [0.717, 1.165) is 19.4 Å². The van der Waals surface area contributed by atoms with Crippen molar-refractivity contribution in [3.63, 3.8) is 0 Å². The highest BCUT2D eigenvalue weighted by molar-refractivity contribution is 7.89. The number of rotatable bonds is 6. The third-order valence-electron chi connectivity index (χ3n) is 8.79. The molecule has 3 aliphatic heterocycles. The molecule has 0 aromatic heterocycles. The van der Waals surface area contributed by atoms with E-state index >= 15 is 0 Å². The quantitative estimate of drug-likeness (QED) is 0.615. The average molecular weight is 528 g/mol. The van der Waals surface area contributed by atoms with E-state index in [2.05, 4.69) is 66.7 Å². The first-order chi connectivity index (χ1) is 17.7. The summed E-state index contributed by atoms with van der Waals surface area (Å²) in [4.78, 5) is 7.97. The van der Waals surface area contributed by atoms with Gasteiger partial charge >= 0.3 is 0 Å². The summed E-state index contributed by atoms with van der Waals surface area (Å²) in [7, 11) is -1.77. The molecular formula is C29H41N3O4S. The van der Waals surface area contributed by atoms with Gasteiger partial charge in [-0.3, -0.25) is 9.74 Å². The highest BCUT2D eigenvalue weighted by Gasteiger charge is 2.52. The van der Waals surface area contributed by atoms with Crippen molar-refractivity contribution in [2.75, 3.05) is 33.4 Å². The van der Waals surface area contributed by atoms with Crippen molar-refractivity contribution in [1.29, 1.82) is 0 Å². The van der Waals surface area contributed by atoms with Gasteiger partial charge in [-0.1, -0.05) is 42.5 Å². The number of sulfonamides is 1. The number of fused-ring (bicyclic) bond motifs is 1. The van der Waals surface area contributed by atoms with E-state index in [1.807, 2.05) is 13.8 Å². The number of ether oxygens (including phenoxy) is 1. The van der Waals surface area contributed by atoms with Crippen molar-refractivity contribution in [3.8, 4) is 11.1 Å². The normalized spacial score (nSPS) is 31.4. The third-order valence-corrected chi connectivity index (χ3v) is 11.3. The van der Waals surface area contributed by atoms with Crippen molar-refractivity contribution >= 4 is 10.0 Å². The summed E-state index contributed by atoms with van der Waals surface area (Å²) < 4.78 is 35.0. The van der Waals surface area contributed by atoms with Crippen molar-refractivity contribution < 1.29 is 18.0 Å². The lowest BCUT2D eigenvalue weighted by atomic mass is 9.74. The zero-order chi connectivity index (χ0) is 26.3. The van der Waals surface area contributed by atoms with Crippen molar-refractivity contribution in [2.45, 2.75) is 75.9 Å². The molecule has 1 N–H and O–H groups in total. The molecule has 0 aliphatic carbocycles. The minimum atomic E-state index is -3.52. The predicted octanol–water partition coefficient (Wildman–Crippen LogP) is 3.86. The third kappa shape index (κ3) is 4.88. The van der Waals surface area contributed by atoms with Crippen LogP contribution in [0.25, 0.3) is 11.1 Å². The van der Waals surface area contributed by atoms with Crippen LogP contribution in [0, 0.1) is 13.8 Å². The maximum absolute atomic E-state index is 13.8. The molecule has 7 nitrogen and oxygen atoms in total. The highest BCUT2D eigenvalue weighted by Crippen LogP contribution is 2.43. The zero-order valence-electron chi connectivity index (χ0n) is 22.7. The number of nitrogens with one attached hydrogen (secondary N) is 1. The summed E-state index contributed by atoms with van der Waals surface area (Å²) in [6.07, 6.45) is 1.46. The second-order valence-electron chi connectivity index (χ2n) is 11.0. The Balaban J connectivity index is 1.43. The molecule has 0 bridgehead atoms. The molecule has 37 heavy (non-hydrogen) atoms. The average Bonchev–Trinajstić information content (AvgIpc) is 3.20. The van der Waals surface area contributed by atoms with Crippen LogP contribution in [-0.4, -0.2) is 80.5 Å². The molecule has 3 heterocycles. The molecule has 202 valence electrons. The number of hydrogen-bond donors (Lipinski definition) is 1. The minimum Gasteiger partial charge on any atom is -0.383 e. The van der Waals surface area contributed by atoms with E-state index in [-0.39, 0.29) is 30.1 Å². The number of methoxy groups -OCH3 is 1. The first kappa shape index (κ1) is 26.8. The van der Waals surface area contributed by atoms with Gasteiger partial charge in [-0.25, -0.2) is 8.42 Å². The summed E-state index contributed by atoms with van der Waals surface area (Å²) >= 11 is 0. The molecule has 0 amide bonds. The second-order valence-corrected chi connectivity index (χ2v) is 13.1. The molecule has 0 radical (unpaired) electrons. The molecule has 3 fully saturated rings. The highest BCUT2D eigenvalue weighted by atomic mass is 32.2. The Kier molecular flexibility index (Phi) is 7.78. The SMILES string of the molecule is COC[C@@H]1[C@@H](c2ccc(-c3cccc(C)c3C)cc2)[C@@H]2CN(S(=O)(=O)C3C(C)NOC3C)CCCCN12. The number of benzene rings is 2. The predicted molar refractivity (Wildman–Crippen MR) is 147 cm³/mol. The molecule has 2 aromatic rings. The van der Waals surface area contributed by atoms with Crippen LogP contribution in [0.4, 0.5) is 0 Å². The van der Waals surface area contributed by atoms with E-state index in [9.17, 15) is 8.42 Å². The van der Waals surface area contributed by atoms with Crippen LogP contribution >= 0.6 is 0 Å². The molecule has 5 rings (SSSR count). The largest absolute Gasteiger partial charge is 0.383 e. The zero-order valence-corrected chi connectivity index (χ0v) is 23.5. The van der Waals surface area contributed by atoms with Crippen LogP contribution < -0.4 is 5.48 Å². The number of hydrogen-bond acceptors (Lipinski definition) is 6. The van der Waals surface area contributed by atoms with E-state index in [1.165, 1.54) is 27.8 Å². The summed E-state index contributed by atoms with van der Waals surface area (Å²) in [5.41, 5.74) is 9.19. The fourth-order valence-corrected chi connectivity index (χ4v) is 8.87. The van der Waals surface area contributed by atoms with Crippen LogP contribution in [0.15, 0.2) is 42.5 Å². The number of nitrogens with zero attached hydrogens (tertiary/aromatic N) is 2. The fourth-order valence-electron chi connectivity index (χ4n) is 6.67. The van der Waals surface area contributed by atoms with Crippen LogP contribution in [-0.2, 0) is 19.6 Å². The minimum absolute atomic E-state index is 0.127. The van der Waals surface area contributed by atoms with Crippen molar-refractivity contribution in [3.05, 3.63) is 59.2 Å². The summed E-state index contributed by atoms with van der Waals surface area (Å²) in [6, 6.07) is 15.5. The van der Waals surface area contributed by atoms with E-state index in [1.54, 1.807) is 11.4 Å². The van der Waals surface area contributed by atoms with Gasteiger partial charge in [0.2, 0.25) is 10.0 Å². The molecule has 3 saturated heterocycles. The number of hydroxylamine groups is 1. The molecule has 3 unspecified atom stereocenters. The molecule has 8 heteroatoms. The van der Waals surface area contributed by atoms with E-state index in [0.29, 0.717) is 19.7 Å². The van der Waals surface area contributed by atoms with Gasteiger partial charge in [-0.2, -0.15) is 9.79 Å². The van der Waals surface area contributed by atoms with Gasteiger partial charge in [0, 0.05) is 38.2 Å².